The van der Waals surface area contributed by atoms with Gasteiger partial charge in [0, 0.05) is 29.8 Å². The minimum absolute atomic E-state index is 0.00899. The molecule has 2 N–H and O–H groups in total. The third kappa shape index (κ3) is 4.39. The Kier molecular flexibility index (Phi) is 5.07. The van der Waals surface area contributed by atoms with E-state index in [0.717, 1.165) is 23.4 Å². The maximum absolute atomic E-state index is 13.0. The van der Waals surface area contributed by atoms with E-state index in [9.17, 15) is 18.0 Å². The summed E-state index contributed by atoms with van der Waals surface area (Å²) in [7, 11) is 1.32. The highest BCUT2D eigenvalue weighted by molar-refractivity contribution is 6.05. The maximum Gasteiger partial charge on any atom is 0.416 e. The van der Waals surface area contributed by atoms with Crippen LogP contribution >= 0.6 is 0 Å². The summed E-state index contributed by atoms with van der Waals surface area (Å²) in [6, 6.07) is 10.6. The van der Waals surface area contributed by atoms with Gasteiger partial charge < -0.3 is 10.1 Å². The van der Waals surface area contributed by atoms with Gasteiger partial charge in [0.2, 0.25) is 5.91 Å². The zero-order valence-electron chi connectivity index (χ0n) is 14.7. The Bertz CT molecular complexity index is 877. The molecule has 1 atom stereocenters. The predicted octanol–water partition coefficient (Wildman–Crippen LogP) is 4.32. The van der Waals surface area contributed by atoms with Crippen LogP contribution in [-0.4, -0.2) is 18.7 Å². The molecule has 2 aromatic rings. The normalized spacial score (nSPS) is 17.1. The van der Waals surface area contributed by atoms with Gasteiger partial charge in [-0.1, -0.05) is 19.1 Å². The van der Waals surface area contributed by atoms with Gasteiger partial charge in [-0.25, -0.2) is 5.43 Å². The number of ether oxygens (including phenoxy) is 1. The van der Waals surface area contributed by atoms with Gasteiger partial charge >= 0.3 is 6.18 Å². The van der Waals surface area contributed by atoms with Crippen LogP contribution in [0.15, 0.2) is 47.6 Å². The number of benzene rings is 2. The number of nitrogens with zero attached hydrogens (tertiary/aromatic N) is 1. The van der Waals surface area contributed by atoms with E-state index in [1.165, 1.54) is 13.2 Å². The predicted molar refractivity (Wildman–Crippen MR) is 96.2 cm³/mol. The van der Waals surface area contributed by atoms with Crippen LogP contribution in [0, 0.1) is 5.92 Å². The average Bonchev–Trinajstić information content (AvgIpc) is 2.61. The number of hydrogen-bond acceptors (Lipinski definition) is 4. The van der Waals surface area contributed by atoms with Crippen LogP contribution in [0.3, 0.4) is 0 Å². The summed E-state index contributed by atoms with van der Waals surface area (Å²) in [4.78, 5) is 11.3. The molecule has 27 heavy (non-hydrogen) atoms. The molecule has 0 bridgehead atoms. The Balaban J connectivity index is 1.82. The minimum atomic E-state index is -4.46. The van der Waals surface area contributed by atoms with Crippen molar-refractivity contribution >= 4 is 23.0 Å². The summed E-state index contributed by atoms with van der Waals surface area (Å²) in [5.74, 6) is -0.0154. The summed E-state index contributed by atoms with van der Waals surface area (Å²) in [6.45, 7) is 1.92. The van der Waals surface area contributed by atoms with Gasteiger partial charge in [-0.15, -0.1) is 0 Å². The van der Waals surface area contributed by atoms with Crippen LogP contribution in [0.2, 0.25) is 0 Å². The van der Waals surface area contributed by atoms with Crippen molar-refractivity contribution in [1.82, 2.24) is 5.43 Å². The Labute approximate surface area is 154 Å². The topological polar surface area (TPSA) is 62.7 Å². The number of carbonyl (C=O) groups is 1. The second-order valence-corrected chi connectivity index (χ2v) is 6.29. The van der Waals surface area contributed by atoms with E-state index in [-0.39, 0.29) is 23.3 Å². The van der Waals surface area contributed by atoms with Gasteiger partial charge in [-0.2, -0.15) is 18.3 Å². The number of rotatable bonds is 4. The second kappa shape index (κ2) is 7.30. The highest BCUT2D eigenvalue weighted by Gasteiger charge is 2.31. The van der Waals surface area contributed by atoms with E-state index >= 15 is 0 Å². The Hall–Kier alpha value is -3.03. The number of anilines is 2. The fourth-order valence-corrected chi connectivity index (χ4v) is 2.85. The zero-order chi connectivity index (χ0) is 19.6. The summed E-state index contributed by atoms with van der Waals surface area (Å²) in [6.07, 6.45) is -4.10. The van der Waals surface area contributed by atoms with Crippen molar-refractivity contribution < 1.29 is 22.7 Å². The van der Waals surface area contributed by atoms with Gasteiger partial charge in [-0.05, 0) is 29.8 Å². The summed E-state index contributed by atoms with van der Waals surface area (Å²) < 4.78 is 44.0. The van der Waals surface area contributed by atoms with E-state index in [1.807, 2.05) is 6.92 Å². The lowest BCUT2D eigenvalue weighted by atomic mass is 9.94. The van der Waals surface area contributed by atoms with Crippen molar-refractivity contribution in [2.24, 2.45) is 11.0 Å². The van der Waals surface area contributed by atoms with E-state index in [0.29, 0.717) is 12.1 Å². The van der Waals surface area contributed by atoms with Gasteiger partial charge in [0.15, 0.2) is 0 Å². The molecule has 0 fully saturated rings. The highest BCUT2D eigenvalue weighted by Crippen LogP contribution is 2.35. The van der Waals surface area contributed by atoms with Crippen LogP contribution in [0.25, 0.3) is 0 Å². The van der Waals surface area contributed by atoms with Crippen LogP contribution in [-0.2, 0) is 11.0 Å². The lowest BCUT2D eigenvalue weighted by Gasteiger charge is -2.19. The number of carbonyl (C=O) groups excluding carboxylic acids is 1. The SMILES string of the molecule is COc1cc(Nc2ccc(C3=NNC(=O)C[C@H]3C)cc2)cc(C(F)(F)F)c1. The smallest absolute Gasteiger partial charge is 0.416 e. The molecule has 0 unspecified atom stereocenters. The van der Waals surface area contributed by atoms with Crippen LogP contribution < -0.4 is 15.5 Å². The molecule has 0 aromatic heterocycles. The summed E-state index contributed by atoms with van der Waals surface area (Å²) in [5, 5.41) is 7.04. The third-order valence-electron chi connectivity index (χ3n) is 4.20. The zero-order valence-corrected chi connectivity index (χ0v) is 14.7. The van der Waals surface area contributed by atoms with Crippen molar-refractivity contribution in [3.05, 3.63) is 53.6 Å². The number of alkyl halides is 3. The molecule has 0 spiro atoms. The molecule has 0 radical (unpaired) electrons. The first-order chi connectivity index (χ1) is 12.8. The highest BCUT2D eigenvalue weighted by atomic mass is 19.4. The van der Waals surface area contributed by atoms with Gasteiger partial charge in [-0.3, -0.25) is 4.79 Å². The fourth-order valence-electron chi connectivity index (χ4n) is 2.85. The molecular formula is C19H18F3N3O2. The summed E-state index contributed by atoms with van der Waals surface area (Å²) >= 11 is 0. The van der Waals surface area contributed by atoms with E-state index in [1.54, 1.807) is 24.3 Å². The number of methoxy groups -OCH3 is 1. The number of halogens is 3. The number of hydrazone groups is 1. The molecule has 1 heterocycles. The first kappa shape index (κ1) is 18.8. The molecule has 1 aliphatic heterocycles. The monoisotopic (exact) mass is 377 g/mol. The van der Waals surface area contributed by atoms with E-state index < -0.39 is 11.7 Å². The number of hydrogen-bond donors (Lipinski definition) is 2. The van der Waals surface area contributed by atoms with Crippen LogP contribution in [0.4, 0.5) is 24.5 Å². The van der Waals surface area contributed by atoms with E-state index in [4.69, 9.17) is 4.74 Å². The third-order valence-corrected chi connectivity index (χ3v) is 4.20. The molecule has 2 aromatic carbocycles. The van der Waals surface area contributed by atoms with Crippen LogP contribution in [0.1, 0.15) is 24.5 Å². The molecule has 3 rings (SSSR count). The lowest BCUT2D eigenvalue weighted by Crippen LogP contribution is -2.31. The van der Waals surface area contributed by atoms with Crippen molar-refractivity contribution in [2.75, 3.05) is 12.4 Å². The minimum Gasteiger partial charge on any atom is -0.497 e. The Morgan fingerprint density at radius 2 is 1.85 bits per heavy atom. The molecule has 1 amide bonds. The van der Waals surface area contributed by atoms with Crippen molar-refractivity contribution in [3.8, 4) is 5.75 Å². The standard InChI is InChI=1S/C19H18F3N3O2/c1-11-7-17(26)24-25-18(11)12-3-5-14(6-4-12)23-15-8-13(19(20,21)22)9-16(10-15)27-2/h3-6,8-11,23H,7H2,1-2H3,(H,24,26)/t11-/m1/s1. The maximum atomic E-state index is 13.0. The fraction of sp³-hybridized carbons (Fsp3) is 0.263. The average molecular weight is 377 g/mol. The number of nitrogens with one attached hydrogen (secondary N) is 2. The first-order valence-corrected chi connectivity index (χ1v) is 8.26. The molecule has 142 valence electrons. The Morgan fingerprint density at radius 1 is 1.15 bits per heavy atom. The van der Waals surface area contributed by atoms with E-state index in [2.05, 4.69) is 15.8 Å². The summed E-state index contributed by atoms with van der Waals surface area (Å²) in [5.41, 5.74) is 4.17. The molecule has 8 heteroatoms. The first-order valence-electron chi connectivity index (χ1n) is 8.26. The lowest BCUT2D eigenvalue weighted by molar-refractivity contribution is -0.137. The van der Waals surface area contributed by atoms with Gasteiger partial charge in [0.25, 0.3) is 0 Å². The van der Waals surface area contributed by atoms with Crippen molar-refractivity contribution in [3.63, 3.8) is 0 Å². The molecule has 5 nitrogen and oxygen atoms in total. The van der Waals surface area contributed by atoms with Gasteiger partial charge in [0.1, 0.15) is 5.75 Å². The van der Waals surface area contributed by atoms with Crippen LogP contribution in [0.5, 0.6) is 5.75 Å². The quantitative estimate of drug-likeness (QED) is 0.834. The van der Waals surface area contributed by atoms with Gasteiger partial charge in [0.05, 0.1) is 18.4 Å². The molecule has 0 aliphatic carbocycles. The Morgan fingerprint density at radius 3 is 2.44 bits per heavy atom. The van der Waals surface area contributed by atoms with Crippen molar-refractivity contribution in [2.45, 2.75) is 19.5 Å². The largest absolute Gasteiger partial charge is 0.497 e. The number of amides is 1. The molecular weight excluding hydrogens is 359 g/mol. The molecule has 0 saturated carbocycles. The molecule has 1 aliphatic rings. The second-order valence-electron chi connectivity index (χ2n) is 6.29. The van der Waals surface area contributed by atoms with Crippen molar-refractivity contribution in [1.29, 1.82) is 0 Å². The molecule has 0 saturated heterocycles.